The lowest BCUT2D eigenvalue weighted by Crippen LogP contribution is -2.54. The Bertz CT molecular complexity index is 256. The maximum Gasteiger partial charge on any atom is 0.222 e. The number of nitrogens with zero attached hydrogens (tertiary/aromatic N) is 1. The molecule has 17 heavy (non-hydrogen) atoms. The summed E-state index contributed by atoms with van der Waals surface area (Å²) in [4.78, 5) is 14.4. The molecule has 100 valence electrons. The first-order valence-electron chi connectivity index (χ1n) is 6.93. The van der Waals surface area contributed by atoms with Crippen LogP contribution in [0.2, 0.25) is 0 Å². The molecule has 1 saturated heterocycles. The van der Waals surface area contributed by atoms with Crippen LogP contribution in [0.4, 0.5) is 0 Å². The summed E-state index contributed by atoms with van der Waals surface area (Å²) in [5.74, 6) is 0.359. The highest BCUT2D eigenvalue weighted by Gasteiger charge is 2.41. The summed E-state index contributed by atoms with van der Waals surface area (Å²) in [6.45, 7) is 14.4. The van der Waals surface area contributed by atoms with Crippen molar-refractivity contribution in [2.24, 2.45) is 10.8 Å². The van der Waals surface area contributed by atoms with Gasteiger partial charge in [0.1, 0.15) is 0 Å². The molecule has 0 saturated carbocycles. The van der Waals surface area contributed by atoms with Crippen LogP contribution in [0.25, 0.3) is 0 Å². The maximum atomic E-state index is 12.3. The highest BCUT2D eigenvalue weighted by atomic mass is 16.2. The quantitative estimate of drug-likeness (QED) is 0.680. The number of carbonyl (C=O) groups excluding carboxylic acids is 1. The Morgan fingerprint density at radius 2 is 1.47 bits per heavy atom. The zero-order chi connectivity index (χ0) is 13.3. The molecule has 1 fully saturated rings. The average molecular weight is 239 g/mol. The first-order valence-corrected chi connectivity index (χ1v) is 6.93. The first-order chi connectivity index (χ1) is 7.64. The van der Waals surface area contributed by atoms with Gasteiger partial charge in [-0.2, -0.15) is 0 Å². The number of hydrogen-bond donors (Lipinski definition) is 0. The third kappa shape index (κ3) is 3.72. The molecule has 1 heterocycles. The number of rotatable bonds is 1. The minimum Gasteiger partial charge on any atom is -0.339 e. The lowest BCUT2D eigenvalue weighted by Gasteiger charge is -2.47. The van der Waals surface area contributed by atoms with E-state index >= 15 is 0 Å². The van der Waals surface area contributed by atoms with Crippen LogP contribution in [-0.2, 0) is 4.79 Å². The van der Waals surface area contributed by atoms with E-state index in [4.69, 9.17) is 0 Å². The molecular weight excluding hydrogens is 210 g/mol. The van der Waals surface area contributed by atoms with E-state index in [1.807, 2.05) is 0 Å². The van der Waals surface area contributed by atoms with Gasteiger partial charge >= 0.3 is 0 Å². The summed E-state index contributed by atoms with van der Waals surface area (Å²) >= 11 is 0. The fourth-order valence-electron chi connectivity index (χ4n) is 3.51. The Labute approximate surface area is 107 Å². The van der Waals surface area contributed by atoms with E-state index in [1.165, 1.54) is 6.42 Å². The number of likely N-dealkylation sites (tertiary alicyclic amines) is 1. The summed E-state index contributed by atoms with van der Waals surface area (Å²) < 4.78 is 0. The Hall–Kier alpha value is -0.530. The van der Waals surface area contributed by atoms with Crippen LogP contribution in [0.5, 0.6) is 0 Å². The second kappa shape index (κ2) is 4.99. The van der Waals surface area contributed by atoms with Crippen molar-refractivity contribution in [2.45, 2.75) is 73.3 Å². The minimum atomic E-state index is 0.137. The van der Waals surface area contributed by atoms with Gasteiger partial charge in [-0.05, 0) is 23.7 Å². The van der Waals surface area contributed by atoms with E-state index in [2.05, 4.69) is 46.4 Å². The van der Waals surface area contributed by atoms with Gasteiger partial charge in [-0.3, -0.25) is 4.79 Å². The fourth-order valence-corrected chi connectivity index (χ4v) is 3.51. The average Bonchev–Trinajstić information content (AvgIpc) is 2.27. The third-order valence-electron chi connectivity index (χ3n) is 3.56. The lowest BCUT2D eigenvalue weighted by atomic mass is 9.71. The molecule has 0 aromatic rings. The maximum absolute atomic E-state index is 12.3. The van der Waals surface area contributed by atoms with Crippen LogP contribution < -0.4 is 0 Å². The Morgan fingerprint density at radius 1 is 0.941 bits per heavy atom. The van der Waals surface area contributed by atoms with Gasteiger partial charge in [-0.15, -0.1) is 0 Å². The molecule has 0 aromatic carbocycles. The normalized spacial score (nSPS) is 19.7. The zero-order valence-corrected chi connectivity index (χ0v) is 12.5. The number of amides is 1. The van der Waals surface area contributed by atoms with Crippen LogP contribution in [0.3, 0.4) is 0 Å². The van der Waals surface area contributed by atoms with Crippen molar-refractivity contribution in [2.75, 3.05) is 6.54 Å². The molecule has 1 aliphatic heterocycles. The van der Waals surface area contributed by atoms with E-state index in [0.717, 1.165) is 25.8 Å². The second-order valence-corrected chi connectivity index (χ2v) is 7.53. The third-order valence-corrected chi connectivity index (χ3v) is 3.56. The molecule has 0 unspecified atom stereocenters. The fraction of sp³-hybridized carbons (Fsp3) is 0.933. The van der Waals surface area contributed by atoms with Gasteiger partial charge in [0, 0.05) is 19.0 Å². The van der Waals surface area contributed by atoms with Crippen LogP contribution in [-0.4, -0.2) is 23.4 Å². The lowest BCUT2D eigenvalue weighted by molar-refractivity contribution is -0.139. The molecule has 0 bridgehead atoms. The van der Waals surface area contributed by atoms with Crippen molar-refractivity contribution in [3.05, 3.63) is 0 Å². The second-order valence-electron chi connectivity index (χ2n) is 7.53. The van der Waals surface area contributed by atoms with Gasteiger partial charge in [-0.1, -0.05) is 48.0 Å². The van der Waals surface area contributed by atoms with Crippen molar-refractivity contribution in [3.8, 4) is 0 Å². The van der Waals surface area contributed by atoms with Gasteiger partial charge in [0.2, 0.25) is 5.91 Å². The van der Waals surface area contributed by atoms with Gasteiger partial charge in [0.15, 0.2) is 0 Å². The van der Waals surface area contributed by atoms with E-state index in [1.54, 1.807) is 0 Å². The molecule has 0 atom stereocenters. The minimum absolute atomic E-state index is 0.137. The van der Waals surface area contributed by atoms with E-state index in [-0.39, 0.29) is 10.8 Å². The Balaban J connectivity index is 3.00. The van der Waals surface area contributed by atoms with Crippen LogP contribution in [0.1, 0.15) is 67.2 Å². The number of hydrogen-bond acceptors (Lipinski definition) is 1. The SMILES string of the molecule is CC(C)(C)C(N1CCCCCC1=O)C(C)(C)C. The van der Waals surface area contributed by atoms with Crippen LogP contribution >= 0.6 is 0 Å². The standard InChI is InChI=1S/C15H29NO/c1-14(2,3)13(15(4,5)6)16-11-9-7-8-10-12(16)17/h13H,7-11H2,1-6H3. The summed E-state index contributed by atoms with van der Waals surface area (Å²) in [6, 6.07) is 0.320. The summed E-state index contributed by atoms with van der Waals surface area (Å²) in [6.07, 6.45) is 4.16. The van der Waals surface area contributed by atoms with Crippen LogP contribution in [0.15, 0.2) is 0 Å². The Morgan fingerprint density at radius 3 is 1.94 bits per heavy atom. The molecular formula is C15H29NO. The predicted molar refractivity (Wildman–Crippen MR) is 72.9 cm³/mol. The van der Waals surface area contributed by atoms with Gasteiger partial charge in [0.25, 0.3) is 0 Å². The molecule has 0 N–H and O–H groups in total. The summed E-state index contributed by atoms with van der Waals surface area (Å²) in [5, 5.41) is 0. The van der Waals surface area contributed by atoms with E-state index in [9.17, 15) is 4.79 Å². The van der Waals surface area contributed by atoms with Crippen molar-refractivity contribution in [1.82, 2.24) is 4.90 Å². The van der Waals surface area contributed by atoms with E-state index in [0.29, 0.717) is 11.9 Å². The van der Waals surface area contributed by atoms with Gasteiger partial charge in [0.05, 0.1) is 0 Å². The molecule has 2 heteroatoms. The molecule has 2 nitrogen and oxygen atoms in total. The molecule has 0 radical (unpaired) electrons. The number of carbonyl (C=O) groups is 1. The van der Waals surface area contributed by atoms with E-state index < -0.39 is 0 Å². The highest BCUT2D eigenvalue weighted by Crippen LogP contribution is 2.38. The highest BCUT2D eigenvalue weighted by molar-refractivity contribution is 5.77. The molecule has 1 amide bonds. The summed E-state index contributed by atoms with van der Waals surface area (Å²) in [5.41, 5.74) is 0.274. The topological polar surface area (TPSA) is 20.3 Å². The molecule has 1 rings (SSSR count). The molecule has 1 aliphatic rings. The molecule has 0 spiro atoms. The van der Waals surface area contributed by atoms with Crippen molar-refractivity contribution in [3.63, 3.8) is 0 Å². The molecule has 0 aliphatic carbocycles. The van der Waals surface area contributed by atoms with Gasteiger partial charge < -0.3 is 4.90 Å². The predicted octanol–water partition coefficient (Wildman–Crippen LogP) is 3.85. The largest absolute Gasteiger partial charge is 0.339 e. The monoisotopic (exact) mass is 239 g/mol. The van der Waals surface area contributed by atoms with Crippen LogP contribution in [0, 0.1) is 10.8 Å². The molecule has 0 aromatic heterocycles. The van der Waals surface area contributed by atoms with Crippen molar-refractivity contribution in [1.29, 1.82) is 0 Å². The first kappa shape index (κ1) is 14.5. The van der Waals surface area contributed by atoms with Gasteiger partial charge in [-0.25, -0.2) is 0 Å². The zero-order valence-electron chi connectivity index (χ0n) is 12.5. The Kier molecular flexibility index (Phi) is 4.27. The van der Waals surface area contributed by atoms with Crippen molar-refractivity contribution < 1.29 is 4.79 Å². The van der Waals surface area contributed by atoms with Crippen molar-refractivity contribution >= 4 is 5.91 Å². The summed E-state index contributed by atoms with van der Waals surface area (Å²) in [7, 11) is 0. The smallest absolute Gasteiger partial charge is 0.222 e.